The van der Waals surface area contributed by atoms with Gasteiger partial charge in [0.15, 0.2) is 0 Å². The fourth-order valence-corrected chi connectivity index (χ4v) is 0.851. The normalized spacial score (nSPS) is 8.38. The predicted octanol–water partition coefficient (Wildman–Crippen LogP) is 4.97. The summed E-state index contributed by atoms with van der Waals surface area (Å²) in [6.45, 7) is 11.3. The lowest BCUT2D eigenvalue weighted by Gasteiger charge is -1.98. The quantitative estimate of drug-likeness (QED) is 0.689. The molecule has 0 atom stereocenters. The van der Waals surface area contributed by atoms with Crippen LogP contribution in [0.4, 0.5) is 0 Å². The standard InChI is InChI=1S/C9H12O.2C3H8/c1-8-3-5-9(6-4-8)7-10-2;2*1-3-2/h3-6H,7H2,1-2H3;2*3H2,1-2H3. The minimum atomic E-state index is 0.709. The van der Waals surface area contributed by atoms with Crippen molar-refractivity contribution in [3.8, 4) is 0 Å². The van der Waals surface area contributed by atoms with E-state index in [1.54, 1.807) is 7.11 Å². The first-order valence-electron chi connectivity index (χ1n) is 6.20. The van der Waals surface area contributed by atoms with Gasteiger partial charge >= 0.3 is 0 Å². The summed E-state index contributed by atoms with van der Waals surface area (Å²) < 4.78 is 4.97. The Morgan fingerprint density at radius 3 is 1.56 bits per heavy atom. The largest absolute Gasteiger partial charge is 0.380 e. The smallest absolute Gasteiger partial charge is 0.0713 e. The second-order valence-corrected chi connectivity index (χ2v) is 3.83. The van der Waals surface area contributed by atoms with E-state index in [-0.39, 0.29) is 0 Å². The van der Waals surface area contributed by atoms with E-state index in [1.165, 1.54) is 24.0 Å². The SMILES string of the molecule is CCC.CCC.COCc1ccc(C)cc1. The molecule has 0 N–H and O–H groups in total. The number of aryl methyl sites for hydroxylation is 1. The van der Waals surface area contributed by atoms with E-state index in [2.05, 4.69) is 58.9 Å². The van der Waals surface area contributed by atoms with Gasteiger partial charge in [-0.15, -0.1) is 0 Å². The van der Waals surface area contributed by atoms with Crippen LogP contribution in [0.15, 0.2) is 24.3 Å². The number of rotatable bonds is 2. The second-order valence-electron chi connectivity index (χ2n) is 3.83. The van der Waals surface area contributed by atoms with Gasteiger partial charge in [-0.1, -0.05) is 70.4 Å². The van der Waals surface area contributed by atoms with Crippen LogP contribution >= 0.6 is 0 Å². The topological polar surface area (TPSA) is 9.23 Å². The molecule has 0 aromatic heterocycles. The number of methoxy groups -OCH3 is 1. The number of hydrogen-bond donors (Lipinski definition) is 0. The van der Waals surface area contributed by atoms with Gasteiger partial charge in [0.2, 0.25) is 0 Å². The van der Waals surface area contributed by atoms with Crippen LogP contribution in [0, 0.1) is 6.92 Å². The third kappa shape index (κ3) is 13.2. The van der Waals surface area contributed by atoms with E-state index < -0.39 is 0 Å². The Hall–Kier alpha value is -0.820. The highest BCUT2D eigenvalue weighted by Crippen LogP contribution is 2.03. The first kappa shape index (κ1) is 17.6. The van der Waals surface area contributed by atoms with Crippen molar-refractivity contribution in [1.29, 1.82) is 0 Å². The molecule has 0 spiro atoms. The molecule has 0 heterocycles. The molecule has 94 valence electrons. The van der Waals surface area contributed by atoms with Gasteiger partial charge in [0.25, 0.3) is 0 Å². The van der Waals surface area contributed by atoms with Gasteiger partial charge in [0.1, 0.15) is 0 Å². The lowest BCUT2D eigenvalue weighted by molar-refractivity contribution is 0.185. The minimum Gasteiger partial charge on any atom is -0.380 e. The summed E-state index contributed by atoms with van der Waals surface area (Å²) in [6, 6.07) is 8.35. The van der Waals surface area contributed by atoms with Crippen molar-refractivity contribution in [2.45, 2.75) is 54.1 Å². The van der Waals surface area contributed by atoms with Gasteiger partial charge in [-0.2, -0.15) is 0 Å². The van der Waals surface area contributed by atoms with E-state index in [0.717, 1.165) is 0 Å². The first-order chi connectivity index (χ1) is 7.65. The maximum Gasteiger partial charge on any atom is 0.0713 e. The van der Waals surface area contributed by atoms with Gasteiger partial charge in [-0.25, -0.2) is 0 Å². The Balaban J connectivity index is 0. The zero-order valence-electron chi connectivity index (χ0n) is 11.8. The molecule has 0 radical (unpaired) electrons. The monoisotopic (exact) mass is 224 g/mol. The second kappa shape index (κ2) is 14.2. The third-order valence-corrected chi connectivity index (χ3v) is 1.43. The Morgan fingerprint density at radius 2 is 1.25 bits per heavy atom. The van der Waals surface area contributed by atoms with Gasteiger partial charge in [-0.3, -0.25) is 0 Å². The van der Waals surface area contributed by atoms with Crippen molar-refractivity contribution in [3.05, 3.63) is 35.4 Å². The Morgan fingerprint density at radius 1 is 0.875 bits per heavy atom. The summed E-state index contributed by atoms with van der Waals surface area (Å²) >= 11 is 0. The van der Waals surface area contributed by atoms with Crippen LogP contribution in [0.25, 0.3) is 0 Å². The third-order valence-electron chi connectivity index (χ3n) is 1.43. The average Bonchev–Trinajstić information content (AvgIpc) is 2.24. The highest BCUT2D eigenvalue weighted by atomic mass is 16.5. The van der Waals surface area contributed by atoms with E-state index in [1.807, 2.05) is 0 Å². The molecule has 1 rings (SSSR count). The van der Waals surface area contributed by atoms with Crippen molar-refractivity contribution in [1.82, 2.24) is 0 Å². The van der Waals surface area contributed by atoms with Crippen molar-refractivity contribution >= 4 is 0 Å². The fraction of sp³-hybridized carbons (Fsp3) is 0.600. The summed E-state index contributed by atoms with van der Waals surface area (Å²) in [5.74, 6) is 0. The molecule has 0 unspecified atom stereocenters. The molecule has 1 nitrogen and oxygen atoms in total. The molecule has 0 aliphatic rings. The number of benzene rings is 1. The van der Waals surface area contributed by atoms with Crippen molar-refractivity contribution in [2.24, 2.45) is 0 Å². The molecule has 0 aliphatic carbocycles. The summed E-state index contributed by atoms with van der Waals surface area (Å²) in [5, 5.41) is 0. The zero-order valence-corrected chi connectivity index (χ0v) is 11.8. The summed E-state index contributed by atoms with van der Waals surface area (Å²) in [5.41, 5.74) is 2.52. The maximum atomic E-state index is 4.97. The fourth-order valence-electron chi connectivity index (χ4n) is 0.851. The molecular weight excluding hydrogens is 196 g/mol. The molecular formula is C15H28O. The van der Waals surface area contributed by atoms with Crippen LogP contribution in [-0.4, -0.2) is 7.11 Å². The van der Waals surface area contributed by atoms with Gasteiger partial charge < -0.3 is 4.74 Å². The summed E-state index contributed by atoms with van der Waals surface area (Å²) in [7, 11) is 1.71. The van der Waals surface area contributed by atoms with E-state index in [9.17, 15) is 0 Å². The van der Waals surface area contributed by atoms with Crippen LogP contribution in [0.5, 0.6) is 0 Å². The average molecular weight is 224 g/mol. The van der Waals surface area contributed by atoms with Crippen molar-refractivity contribution < 1.29 is 4.74 Å². The van der Waals surface area contributed by atoms with E-state index in [0.29, 0.717) is 6.61 Å². The van der Waals surface area contributed by atoms with Crippen LogP contribution in [0.3, 0.4) is 0 Å². The van der Waals surface area contributed by atoms with Gasteiger partial charge in [0, 0.05) is 7.11 Å². The zero-order chi connectivity index (χ0) is 12.8. The van der Waals surface area contributed by atoms with Gasteiger partial charge in [0.05, 0.1) is 6.61 Å². The molecule has 0 fully saturated rings. The molecule has 1 aromatic rings. The van der Waals surface area contributed by atoms with Gasteiger partial charge in [-0.05, 0) is 12.5 Å². The predicted molar refractivity (Wildman–Crippen MR) is 73.8 cm³/mol. The number of ether oxygens (including phenoxy) is 1. The highest BCUT2D eigenvalue weighted by Gasteiger charge is 1.88. The molecule has 0 aliphatic heterocycles. The lowest BCUT2D eigenvalue weighted by atomic mass is 10.2. The Labute approximate surface area is 102 Å². The molecule has 0 saturated heterocycles. The molecule has 0 saturated carbocycles. The summed E-state index contributed by atoms with van der Waals surface area (Å²) in [6.07, 6.45) is 2.50. The van der Waals surface area contributed by atoms with E-state index >= 15 is 0 Å². The molecule has 16 heavy (non-hydrogen) atoms. The minimum absolute atomic E-state index is 0.709. The Kier molecular flexibility index (Phi) is 15.6. The molecule has 0 amide bonds. The Bertz CT molecular complexity index is 211. The van der Waals surface area contributed by atoms with Crippen LogP contribution in [0.2, 0.25) is 0 Å². The van der Waals surface area contributed by atoms with Crippen LogP contribution in [-0.2, 0) is 11.3 Å². The molecule has 1 aromatic carbocycles. The maximum absolute atomic E-state index is 4.97. The van der Waals surface area contributed by atoms with Crippen LogP contribution < -0.4 is 0 Å². The molecule has 1 heteroatoms. The van der Waals surface area contributed by atoms with E-state index in [4.69, 9.17) is 4.74 Å². The highest BCUT2D eigenvalue weighted by molar-refractivity contribution is 5.20. The summed E-state index contributed by atoms with van der Waals surface area (Å²) in [4.78, 5) is 0. The van der Waals surface area contributed by atoms with Crippen molar-refractivity contribution in [3.63, 3.8) is 0 Å². The number of hydrogen-bond acceptors (Lipinski definition) is 1. The van der Waals surface area contributed by atoms with Crippen LogP contribution in [0.1, 0.15) is 51.7 Å². The van der Waals surface area contributed by atoms with Crippen molar-refractivity contribution in [2.75, 3.05) is 7.11 Å². The first-order valence-corrected chi connectivity index (χ1v) is 6.20. The lowest BCUT2D eigenvalue weighted by Crippen LogP contribution is -1.85. The molecule has 0 bridgehead atoms.